The predicted molar refractivity (Wildman–Crippen MR) is 111 cm³/mol. The second kappa shape index (κ2) is 8.59. The van der Waals surface area contributed by atoms with Crippen molar-refractivity contribution in [3.8, 4) is 0 Å². The van der Waals surface area contributed by atoms with Crippen LogP contribution in [0.2, 0.25) is 10.3 Å². The number of halogens is 2. The predicted octanol–water partition coefficient (Wildman–Crippen LogP) is 2.87. The zero-order valence-corrected chi connectivity index (χ0v) is 18.5. The van der Waals surface area contributed by atoms with Crippen molar-refractivity contribution in [2.24, 2.45) is 5.92 Å². The molecule has 0 aliphatic carbocycles. The first-order chi connectivity index (χ1) is 13.6. The summed E-state index contributed by atoms with van der Waals surface area (Å²) in [5.41, 5.74) is 0.0883. The molecule has 11 heteroatoms. The van der Waals surface area contributed by atoms with Crippen molar-refractivity contribution in [2.75, 3.05) is 6.54 Å². The Morgan fingerprint density at radius 1 is 1.34 bits per heavy atom. The van der Waals surface area contributed by atoms with Crippen molar-refractivity contribution in [2.45, 2.75) is 50.2 Å². The lowest BCUT2D eigenvalue weighted by Gasteiger charge is -2.17. The van der Waals surface area contributed by atoms with Gasteiger partial charge in [-0.1, -0.05) is 23.2 Å². The zero-order chi connectivity index (χ0) is 21.2. The molecular formula is C18H23Cl2N5O3S. The smallest absolute Gasteiger partial charge is 0.283 e. The van der Waals surface area contributed by atoms with Crippen molar-refractivity contribution in [1.82, 2.24) is 24.8 Å². The summed E-state index contributed by atoms with van der Waals surface area (Å²) >= 11 is 11.5. The van der Waals surface area contributed by atoms with Crippen LogP contribution in [-0.4, -0.2) is 41.2 Å². The molecule has 0 spiro atoms. The molecule has 1 aliphatic heterocycles. The Balaban J connectivity index is 1.57. The fraction of sp³-hybridized carbons (Fsp3) is 0.500. The summed E-state index contributed by atoms with van der Waals surface area (Å²) in [5.74, 6) is -0.286. The van der Waals surface area contributed by atoms with Crippen LogP contribution in [0, 0.1) is 5.92 Å². The number of hydrogen-bond donors (Lipinski definition) is 2. The normalized spacial score (nSPS) is 18.7. The van der Waals surface area contributed by atoms with E-state index in [0.29, 0.717) is 12.5 Å². The van der Waals surface area contributed by atoms with Gasteiger partial charge in [0.25, 0.3) is 15.9 Å². The van der Waals surface area contributed by atoms with Crippen molar-refractivity contribution in [3.63, 3.8) is 0 Å². The number of nitrogens with zero attached hydrogens (tertiary/aromatic N) is 3. The third kappa shape index (κ3) is 5.69. The van der Waals surface area contributed by atoms with Gasteiger partial charge in [-0.15, -0.1) is 0 Å². The number of carbonyl (C=O) groups is 1. The summed E-state index contributed by atoms with van der Waals surface area (Å²) in [6.07, 6.45) is 4.64. The molecule has 2 aromatic heterocycles. The lowest BCUT2D eigenvalue weighted by Crippen LogP contribution is -2.31. The second-order valence-electron chi connectivity index (χ2n) is 7.80. The molecule has 0 bridgehead atoms. The van der Waals surface area contributed by atoms with Gasteiger partial charge >= 0.3 is 0 Å². The Labute approximate surface area is 180 Å². The summed E-state index contributed by atoms with van der Waals surface area (Å²) < 4.78 is 28.4. The quantitative estimate of drug-likeness (QED) is 0.616. The van der Waals surface area contributed by atoms with E-state index in [4.69, 9.17) is 23.2 Å². The Morgan fingerprint density at radius 2 is 2.10 bits per heavy atom. The molecule has 1 amide bonds. The van der Waals surface area contributed by atoms with Crippen LogP contribution in [0.5, 0.6) is 0 Å². The first-order valence-electron chi connectivity index (χ1n) is 9.23. The largest absolute Gasteiger partial charge is 0.312 e. The SMILES string of the molecule is CC1(C)CC(CCCn2ccc(S(=O)(=O)NC(=O)c3ccc(Cl)nc3Cl)n2)CN1. The second-order valence-corrected chi connectivity index (χ2v) is 10.2. The summed E-state index contributed by atoms with van der Waals surface area (Å²) in [4.78, 5) is 16.0. The minimum atomic E-state index is -4.13. The highest BCUT2D eigenvalue weighted by Crippen LogP contribution is 2.26. The number of pyridine rings is 1. The minimum Gasteiger partial charge on any atom is -0.312 e. The third-order valence-corrected chi connectivity index (χ3v) is 6.57. The number of aryl methyl sites for hydroxylation is 1. The molecule has 29 heavy (non-hydrogen) atoms. The number of sulfonamides is 1. The fourth-order valence-electron chi connectivity index (χ4n) is 3.45. The monoisotopic (exact) mass is 459 g/mol. The van der Waals surface area contributed by atoms with E-state index < -0.39 is 15.9 Å². The third-order valence-electron chi connectivity index (χ3n) is 4.85. The Morgan fingerprint density at radius 3 is 2.76 bits per heavy atom. The van der Waals surface area contributed by atoms with Gasteiger partial charge in [-0.2, -0.15) is 13.5 Å². The number of aromatic nitrogens is 3. The summed E-state index contributed by atoms with van der Waals surface area (Å²) in [7, 11) is -4.13. The summed E-state index contributed by atoms with van der Waals surface area (Å²) in [5, 5.41) is 7.27. The van der Waals surface area contributed by atoms with E-state index in [2.05, 4.69) is 29.2 Å². The fourth-order valence-corrected chi connectivity index (χ4v) is 4.80. The molecule has 0 aromatic carbocycles. The van der Waals surface area contributed by atoms with Gasteiger partial charge in [-0.25, -0.2) is 9.71 Å². The number of carbonyl (C=O) groups excluding carboxylic acids is 1. The van der Waals surface area contributed by atoms with E-state index >= 15 is 0 Å². The van der Waals surface area contributed by atoms with Crippen LogP contribution >= 0.6 is 23.2 Å². The van der Waals surface area contributed by atoms with E-state index in [9.17, 15) is 13.2 Å². The summed E-state index contributed by atoms with van der Waals surface area (Å²) in [6.45, 7) is 5.99. The van der Waals surface area contributed by atoms with Crippen molar-refractivity contribution in [1.29, 1.82) is 0 Å². The van der Waals surface area contributed by atoms with E-state index in [1.54, 1.807) is 10.9 Å². The first kappa shape index (κ1) is 22.0. The van der Waals surface area contributed by atoms with Crippen LogP contribution in [0.3, 0.4) is 0 Å². The van der Waals surface area contributed by atoms with E-state index in [1.165, 1.54) is 18.2 Å². The number of amides is 1. The topological polar surface area (TPSA) is 106 Å². The van der Waals surface area contributed by atoms with Gasteiger partial charge in [0.1, 0.15) is 10.3 Å². The lowest BCUT2D eigenvalue weighted by molar-refractivity contribution is 0.0981. The molecule has 3 heterocycles. The van der Waals surface area contributed by atoms with Gasteiger partial charge in [0.2, 0.25) is 0 Å². The van der Waals surface area contributed by atoms with Crippen LogP contribution in [0.15, 0.2) is 29.4 Å². The Hall–Kier alpha value is -1.68. The molecule has 2 N–H and O–H groups in total. The highest BCUT2D eigenvalue weighted by atomic mass is 35.5. The average Bonchev–Trinajstić information content (AvgIpc) is 3.21. The molecule has 2 aromatic rings. The van der Waals surface area contributed by atoms with Crippen molar-refractivity contribution < 1.29 is 13.2 Å². The lowest BCUT2D eigenvalue weighted by atomic mass is 9.94. The Bertz CT molecular complexity index is 1010. The first-order valence-corrected chi connectivity index (χ1v) is 11.5. The molecule has 1 unspecified atom stereocenters. The van der Waals surface area contributed by atoms with Crippen molar-refractivity contribution >= 4 is 39.1 Å². The molecular weight excluding hydrogens is 437 g/mol. The highest BCUT2D eigenvalue weighted by molar-refractivity contribution is 7.90. The number of hydrogen-bond acceptors (Lipinski definition) is 6. The molecule has 3 rings (SSSR count). The van der Waals surface area contributed by atoms with Gasteiger partial charge in [0.05, 0.1) is 5.56 Å². The summed E-state index contributed by atoms with van der Waals surface area (Å²) in [6, 6.07) is 4.02. The van der Waals surface area contributed by atoms with Gasteiger partial charge < -0.3 is 5.32 Å². The van der Waals surface area contributed by atoms with Crippen LogP contribution < -0.4 is 10.0 Å². The molecule has 1 fully saturated rings. The van der Waals surface area contributed by atoms with Gasteiger partial charge in [0, 0.05) is 18.3 Å². The molecule has 0 saturated carbocycles. The Kier molecular flexibility index (Phi) is 6.52. The van der Waals surface area contributed by atoms with E-state index in [1.807, 2.05) is 4.72 Å². The molecule has 1 saturated heterocycles. The molecule has 158 valence electrons. The molecule has 0 radical (unpaired) electrons. The van der Waals surface area contributed by atoms with Gasteiger partial charge in [0.15, 0.2) is 5.03 Å². The zero-order valence-electron chi connectivity index (χ0n) is 16.2. The van der Waals surface area contributed by atoms with Crippen LogP contribution in [0.1, 0.15) is 43.5 Å². The standard InChI is InChI=1S/C18H23Cl2N5O3S/c1-18(2)10-12(11-21-18)4-3-8-25-9-7-15(23-25)29(27,28)24-17(26)13-5-6-14(19)22-16(13)20/h5-7,9,12,21H,3-4,8,10-11H2,1-2H3,(H,24,26). The van der Waals surface area contributed by atoms with Crippen LogP contribution in [-0.2, 0) is 16.6 Å². The highest BCUT2D eigenvalue weighted by Gasteiger charge is 2.29. The van der Waals surface area contributed by atoms with Gasteiger partial charge in [-0.3, -0.25) is 9.48 Å². The van der Waals surface area contributed by atoms with E-state index in [-0.39, 0.29) is 26.4 Å². The number of rotatable bonds is 7. The van der Waals surface area contributed by atoms with Crippen LogP contribution in [0.25, 0.3) is 0 Å². The molecule has 1 aliphatic rings. The number of nitrogens with one attached hydrogen (secondary N) is 2. The van der Waals surface area contributed by atoms with E-state index in [0.717, 1.165) is 25.8 Å². The van der Waals surface area contributed by atoms with Crippen molar-refractivity contribution in [3.05, 3.63) is 40.3 Å². The maximum atomic E-state index is 12.5. The van der Waals surface area contributed by atoms with Crippen LogP contribution in [0.4, 0.5) is 0 Å². The molecule has 8 nitrogen and oxygen atoms in total. The minimum absolute atomic E-state index is 0.0906. The maximum Gasteiger partial charge on any atom is 0.283 e. The maximum absolute atomic E-state index is 12.5. The van der Waals surface area contributed by atoms with Gasteiger partial charge in [-0.05, 0) is 63.8 Å². The average molecular weight is 460 g/mol. The molecule has 1 atom stereocenters.